The van der Waals surface area contributed by atoms with E-state index in [4.69, 9.17) is 11.6 Å². The van der Waals surface area contributed by atoms with E-state index >= 15 is 0 Å². The van der Waals surface area contributed by atoms with E-state index in [9.17, 15) is 13.2 Å². The van der Waals surface area contributed by atoms with Crippen molar-refractivity contribution < 1.29 is 13.2 Å². The van der Waals surface area contributed by atoms with Crippen molar-refractivity contribution >= 4 is 45.0 Å². The Labute approximate surface area is 182 Å². The van der Waals surface area contributed by atoms with Crippen LogP contribution in [0.4, 0.5) is 5.69 Å². The first-order chi connectivity index (χ1) is 13.6. The number of anilines is 1. The summed E-state index contributed by atoms with van der Waals surface area (Å²) in [5.41, 5.74) is 3.32. The van der Waals surface area contributed by atoms with Gasteiger partial charge in [-0.15, -0.1) is 0 Å². The molecule has 29 heavy (non-hydrogen) atoms. The van der Waals surface area contributed by atoms with Crippen molar-refractivity contribution in [2.24, 2.45) is 0 Å². The predicted octanol–water partition coefficient (Wildman–Crippen LogP) is 4.16. The number of nitrogens with one attached hydrogen (secondary N) is 1. The molecule has 0 heterocycles. The molecule has 0 saturated carbocycles. The van der Waals surface area contributed by atoms with E-state index in [1.165, 1.54) is 4.31 Å². The third kappa shape index (κ3) is 6.66. The third-order valence-electron chi connectivity index (χ3n) is 4.45. The molecule has 5 nitrogen and oxygen atoms in total. The summed E-state index contributed by atoms with van der Waals surface area (Å²) in [5.74, 6) is 1.13. The number of thioether (sulfide) groups is 1. The van der Waals surface area contributed by atoms with E-state index in [1.807, 2.05) is 50.2 Å². The summed E-state index contributed by atoms with van der Waals surface area (Å²) in [5, 5.41) is 3.57. The average Bonchev–Trinajstić information content (AvgIpc) is 2.64. The van der Waals surface area contributed by atoms with Gasteiger partial charge in [-0.2, -0.15) is 11.8 Å². The topological polar surface area (TPSA) is 66.5 Å². The van der Waals surface area contributed by atoms with Gasteiger partial charge in [-0.25, -0.2) is 8.42 Å². The van der Waals surface area contributed by atoms with Gasteiger partial charge >= 0.3 is 0 Å². The number of halogens is 1. The second-order valence-electron chi connectivity index (χ2n) is 6.96. The lowest BCUT2D eigenvalue weighted by atomic mass is 10.1. The van der Waals surface area contributed by atoms with Crippen LogP contribution >= 0.6 is 23.4 Å². The van der Waals surface area contributed by atoms with Crippen molar-refractivity contribution in [3.63, 3.8) is 0 Å². The number of amides is 1. The molecule has 1 atom stereocenters. The van der Waals surface area contributed by atoms with Crippen molar-refractivity contribution in [1.29, 1.82) is 0 Å². The van der Waals surface area contributed by atoms with E-state index in [-0.39, 0.29) is 5.91 Å². The van der Waals surface area contributed by atoms with Gasteiger partial charge in [0.25, 0.3) is 0 Å². The number of rotatable bonds is 9. The molecule has 1 amide bonds. The Morgan fingerprint density at radius 2 is 1.90 bits per heavy atom. The van der Waals surface area contributed by atoms with Gasteiger partial charge in [-0.3, -0.25) is 9.10 Å². The van der Waals surface area contributed by atoms with E-state index in [1.54, 1.807) is 24.8 Å². The molecule has 0 aliphatic heterocycles. The second-order valence-corrected chi connectivity index (χ2v) is 10.3. The van der Waals surface area contributed by atoms with Crippen LogP contribution in [0.2, 0.25) is 5.02 Å². The first-order valence-corrected chi connectivity index (χ1v) is 12.6. The van der Waals surface area contributed by atoms with Crippen molar-refractivity contribution in [1.82, 2.24) is 5.32 Å². The first kappa shape index (κ1) is 23.6. The number of hydrogen-bond acceptors (Lipinski definition) is 4. The molecule has 0 bridgehead atoms. The zero-order chi connectivity index (χ0) is 21.6. The zero-order valence-corrected chi connectivity index (χ0v) is 19.5. The Morgan fingerprint density at radius 1 is 1.21 bits per heavy atom. The highest BCUT2D eigenvalue weighted by Crippen LogP contribution is 2.26. The molecule has 0 fully saturated rings. The normalized spacial score (nSPS) is 12.4. The molecular formula is C21H27ClN2O3S2. The van der Waals surface area contributed by atoms with Gasteiger partial charge in [0.1, 0.15) is 6.04 Å². The fourth-order valence-corrected chi connectivity index (χ4v) is 5.30. The summed E-state index contributed by atoms with van der Waals surface area (Å²) in [7, 11) is -3.62. The summed E-state index contributed by atoms with van der Waals surface area (Å²) in [6.45, 7) is 5.78. The van der Waals surface area contributed by atoms with Crippen LogP contribution in [0.25, 0.3) is 0 Å². The van der Waals surface area contributed by atoms with Gasteiger partial charge in [-0.1, -0.05) is 41.9 Å². The molecular weight excluding hydrogens is 428 g/mol. The van der Waals surface area contributed by atoms with E-state index in [0.29, 0.717) is 18.0 Å². The second kappa shape index (κ2) is 10.4. The number of aryl methyl sites for hydroxylation is 2. The standard InChI is InChI=1S/C21H27ClN2O3S2/c1-15-9-10-16(2)20(13-15)24(29(4,26)27)17(3)21(25)23-11-12-28-14-18-7-5-6-8-19(18)22/h5-10,13,17H,11-12,14H2,1-4H3,(H,23,25)/t17-/m0/s1. The highest BCUT2D eigenvalue weighted by Gasteiger charge is 2.30. The fraction of sp³-hybridized carbons (Fsp3) is 0.381. The number of carbonyl (C=O) groups excluding carboxylic acids is 1. The lowest BCUT2D eigenvalue weighted by Gasteiger charge is -2.29. The smallest absolute Gasteiger partial charge is 0.243 e. The maximum Gasteiger partial charge on any atom is 0.243 e. The SMILES string of the molecule is Cc1ccc(C)c(N([C@@H](C)C(=O)NCCSCc2ccccc2Cl)S(C)(=O)=O)c1. The first-order valence-electron chi connectivity index (χ1n) is 9.26. The van der Waals surface area contributed by atoms with Gasteiger partial charge in [-0.05, 0) is 49.6 Å². The van der Waals surface area contributed by atoms with E-state index < -0.39 is 16.1 Å². The molecule has 1 N–H and O–H groups in total. The summed E-state index contributed by atoms with van der Waals surface area (Å²) in [4.78, 5) is 12.6. The Morgan fingerprint density at radius 3 is 2.55 bits per heavy atom. The lowest BCUT2D eigenvalue weighted by Crippen LogP contribution is -2.48. The molecule has 2 rings (SSSR count). The van der Waals surface area contributed by atoms with Crippen LogP contribution in [0, 0.1) is 13.8 Å². The molecule has 0 radical (unpaired) electrons. The van der Waals surface area contributed by atoms with Crippen LogP contribution < -0.4 is 9.62 Å². The van der Waals surface area contributed by atoms with Crippen molar-refractivity contribution in [3.05, 3.63) is 64.2 Å². The monoisotopic (exact) mass is 454 g/mol. The Kier molecular flexibility index (Phi) is 8.43. The maximum atomic E-state index is 12.6. The van der Waals surface area contributed by atoms with Gasteiger partial charge in [0.2, 0.25) is 15.9 Å². The largest absolute Gasteiger partial charge is 0.353 e. The summed E-state index contributed by atoms with van der Waals surface area (Å²) in [6.07, 6.45) is 1.12. The molecule has 2 aromatic rings. The predicted molar refractivity (Wildman–Crippen MR) is 123 cm³/mol. The summed E-state index contributed by atoms with van der Waals surface area (Å²) < 4.78 is 26.1. The minimum Gasteiger partial charge on any atom is -0.353 e. The van der Waals surface area contributed by atoms with Crippen LogP contribution in [0.15, 0.2) is 42.5 Å². The van der Waals surface area contributed by atoms with Crippen LogP contribution in [-0.4, -0.2) is 38.9 Å². The highest BCUT2D eigenvalue weighted by atomic mass is 35.5. The minimum atomic E-state index is -3.62. The third-order valence-corrected chi connectivity index (χ3v) is 7.06. The molecule has 8 heteroatoms. The lowest BCUT2D eigenvalue weighted by molar-refractivity contribution is -0.121. The van der Waals surface area contributed by atoms with Crippen molar-refractivity contribution in [2.45, 2.75) is 32.6 Å². The number of carbonyl (C=O) groups is 1. The Balaban J connectivity index is 1.97. The summed E-state index contributed by atoms with van der Waals surface area (Å²) >= 11 is 7.80. The van der Waals surface area contributed by atoms with E-state index in [2.05, 4.69) is 5.32 Å². The van der Waals surface area contributed by atoms with Crippen LogP contribution in [-0.2, 0) is 20.6 Å². The molecule has 0 unspecified atom stereocenters. The van der Waals surface area contributed by atoms with Gasteiger partial charge < -0.3 is 5.32 Å². The van der Waals surface area contributed by atoms with Crippen LogP contribution in [0.5, 0.6) is 0 Å². The Hall–Kier alpha value is -1.70. The highest BCUT2D eigenvalue weighted by molar-refractivity contribution is 7.98. The molecule has 0 aliphatic carbocycles. The Bertz CT molecular complexity index is 964. The number of nitrogens with zero attached hydrogens (tertiary/aromatic N) is 1. The van der Waals surface area contributed by atoms with Crippen LogP contribution in [0.1, 0.15) is 23.6 Å². The fourth-order valence-electron chi connectivity index (χ4n) is 2.93. The molecule has 0 spiro atoms. The number of benzene rings is 2. The zero-order valence-electron chi connectivity index (χ0n) is 17.1. The number of hydrogen-bond donors (Lipinski definition) is 1. The van der Waals surface area contributed by atoms with Gasteiger partial charge in [0.15, 0.2) is 0 Å². The average molecular weight is 455 g/mol. The molecule has 0 aromatic heterocycles. The number of sulfonamides is 1. The minimum absolute atomic E-state index is 0.324. The molecule has 0 aliphatic rings. The van der Waals surface area contributed by atoms with Crippen LogP contribution in [0.3, 0.4) is 0 Å². The van der Waals surface area contributed by atoms with E-state index in [0.717, 1.165) is 33.7 Å². The molecule has 158 valence electrons. The molecule has 2 aromatic carbocycles. The summed E-state index contributed by atoms with van der Waals surface area (Å²) in [6, 6.07) is 12.4. The maximum absolute atomic E-state index is 12.6. The van der Waals surface area contributed by atoms with Gasteiger partial charge in [0, 0.05) is 23.1 Å². The van der Waals surface area contributed by atoms with Crippen molar-refractivity contribution in [2.75, 3.05) is 22.9 Å². The quantitative estimate of drug-likeness (QED) is 0.577. The van der Waals surface area contributed by atoms with Gasteiger partial charge in [0.05, 0.1) is 11.9 Å². The molecule has 0 saturated heterocycles. The van der Waals surface area contributed by atoms with Crippen molar-refractivity contribution in [3.8, 4) is 0 Å².